The van der Waals surface area contributed by atoms with E-state index in [1.165, 1.54) is 12.1 Å². The molecule has 0 amide bonds. The number of benzene rings is 1. The van der Waals surface area contributed by atoms with Crippen molar-refractivity contribution < 1.29 is 14.3 Å². The van der Waals surface area contributed by atoms with Crippen LogP contribution in [0.15, 0.2) is 30.6 Å². The van der Waals surface area contributed by atoms with E-state index in [4.69, 9.17) is 5.11 Å². The number of rotatable bonds is 4. The van der Waals surface area contributed by atoms with Crippen LogP contribution in [-0.2, 0) is 11.3 Å². The average molecular weight is 274 g/mol. The van der Waals surface area contributed by atoms with Crippen molar-refractivity contribution in [3.63, 3.8) is 0 Å². The second-order valence-electron chi connectivity index (χ2n) is 4.57. The van der Waals surface area contributed by atoms with Gasteiger partial charge < -0.3 is 9.67 Å². The van der Waals surface area contributed by atoms with Crippen molar-refractivity contribution >= 4 is 12.0 Å². The minimum atomic E-state index is -1.06. The summed E-state index contributed by atoms with van der Waals surface area (Å²) in [6.07, 6.45) is 4.03. The molecule has 1 heterocycles. The van der Waals surface area contributed by atoms with Gasteiger partial charge in [-0.05, 0) is 31.6 Å². The first-order valence-electron chi connectivity index (χ1n) is 6.15. The van der Waals surface area contributed by atoms with Crippen LogP contribution in [0.3, 0.4) is 0 Å². The SMILES string of the molecule is Cc1ncn(Cc2ccc(C=CC(=O)O)cc2F)c1C. The Hall–Kier alpha value is -2.43. The molecule has 5 heteroatoms. The van der Waals surface area contributed by atoms with Gasteiger partial charge >= 0.3 is 5.97 Å². The molecule has 104 valence electrons. The van der Waals surface area contributed by atoms with E-state index in [9.17, 15) is 9.18 Å². The fraction of sp³-hybridized carbons (Fsp3) is 0.200. The summed E-state index contributed by atoms with van der Waals surface area (Å²) in [6.45, 7) is 4.24. The van der Waals surface area contributed by atoms with E-state index in [-0.39, 0.29) is 5.82 Å². The summed E-state index contributed by atoms with van der Waals surface area (Å²) in [5.41, 5.74) is 2.98. The van der Waals surface area contributed by atoms with E-state index in [0.717, 1.165) is 17.5 Å². The van der Waals surface area contributed by atoms with Crippen molar-refractivity contribution in [2.75, 3.05) is 0 Å². The monoisotopic (exact) mass is 274 g/mol. The summed E-state index contributed by atoms with van der Waals surface area (Å²) >= 11 is 0. The first-order valence-corrected chi connectivity index (χ1v) is 6.15. The standard InChI is InChI=1S/C15H15FN2O2/c1-10-11(2)18(9-17-10)8-13-5-3-12(7-14(13)16)4-6-15(19)20/h3-7,9H,8H2,1-2H3,(H,19,20). The maximum Gasteiger partial charge on any atom is 0.328 e. The van der Waals surface area contributed by atoms with Crippen molar-refractivity contribution in [1.29, 1.82) is 0 Å². The van der Waals surface area contributed by atoms with Gasteiger partial charge in [-0.15, -0.1) is 0 Å². The highest BCUT2D eigenvalue weighted by atomic mass is 19.1. The molecule has 1 N–H and O–H groups in total. The number of aromatic nitrogens is 2. The highest BCUT2D eigenvalue weighted by molar-refractivity contribution is 5.85. The predicted octanol–water partition coefficient (Wildman–Crippen LogP) is 2.79. The van der Waals surface area contributed by atoms with Crippen molar-refractivity contribution in [2.24, 2.45) is 0 Å². The van der Waals surface area contributed by atoms with Crippen LogP contribution in [0.5, 0.6) is 0 Å². The van der Waals surface area contributed by atoms with E-state index < -0.39 is 5.97 Å². The molecule has 0 aliphatic carbocycles. The fourth-order valence-corrected chi connectivity index (χ4v) is 1.85. The van der Waals surface area contributed by atoms with Gasteiger partial charge in [-0.2, -0.15) is 0 Å². The molecule has 2 aromatic rings. The molecule has 0 atom stereocenters. The van der Waals surface area contributed by atoms with Crippen LogP contribution >= 0.6 is 0 Å². The number of nitrogens with zero attached hydrogens (tertiary/aromatic N) is 2. The topological polar surface area (TPSA) is 55.1 Å². The van der Waals surface area contributed by atoms with Crippen LogP contribution in [0, 0.1) is 19.7 Å². The Balaban J connectivity index is 2.22. The number of carboxylic acid groups (broad SMARTS) is 1. The fourth-order valence-electron chi connectivity index (χ4n) is 1.85. The van der Waals surface area contributed by atoms with Crippen molar-refractivity contribution in [1.82, 2.24) is 9.55 Å². The van der Waals surface area contributed by atoms with Crippen LogP contribution in [0.4, 0.5) is 4.39 Å². The molecular weight excluding hydrogens is 259 g/mol. The molecule has 20 heavy (non-hydrogen) atoms. The number of aliphatic carboxylic acids is 1. The first-order chi connectivity index (χ1) is 9.47. The van der Waals surface area contributed by atoms with Crippen molar-refractivity contribution in [3.8, 4) is 0 Å². The van der Waals surface area contributed by atoms with E-state index >= 15 is 0 Å². The summed E-state index contributed by atoms with van der Waals surface area (Å²) in [4.78, 5) is 14.6. The smallest absolute Gasteiger partial charge is 0.328 e. The van der Waals surface area contributed by atoms with Crippen LogP contribution in [0.1, 0.15) is 22.5 Å². The van der Waals surface area contributed by atoms with Gasteiger partial charge in [0, 0.05) is 17.3 Å². The van der Waals surface area contributed by atoms with Gasteiger partial charge in [0.1, 0.15) is 5.82 Å². The summed E-state index contributed by atoms with van der Waals surface area (Å²) in [6, 6.07) is 4.68. The van der Waals surface area contributed by atoms with Gasteiger partial charge in [-0.25, -0.2) is 14.2 Å². The number of halogens is 1. The Morgan fingerprint density at radius 2 is 2.20 bits per heavy atom. The molecule has 1 aromatic heterocycles. The second-order valence-corrected chi connectivity index (χ2v) is 4.57. The number of carboxylic acids is 1. The Bertz CT molecular complexity index is 675. The Labute approximate surface area is 116 Å². The minimum Gasteiger partial charge on any atom is -0.478 e. The van der Waals surface area contributed by atoms with Gasteiger partial charge in [0.15, 0.2) is 0 Å². The van der Waals surface area contributed by atoms with Gasteiger partial charge in [0.25, 0.3) is 0 Å². The van der Waals surface area contributed by atoms with E-state index in [1.807, 2.05) is 18.4 Å². The second kappa shape index (κ2) is 5.69. The Morgan fingerprint density at radius 1 is 1.45 bits per heavy atom. The largest absolute Gasteiger partial charge is 0.478 e. The summed E-state index contributed by atoms with van der Waals surface area (Å²) < 4.78 is 15.9. The molecule has 0 aliphatic heterocycles. The third-order valence-electron chi connectivity index (χ3n) is 3.18. The Morgan fingerprint density at radius 3 is 2.75 bits per heavy atom. The summed E-state index contributed by atoms with van der Waals surface area (Å²) in [7, 11) is 0. The summed E-state index contributed by atoms with van der Waals surface area (Å²) in [5.74, 6) is -1.41. The zero-order chi connectivity index (χ0) is 14.7. The van der Waals surface area contributed by atoms with E-state index in [2.05, 4.69) is 4.98 Å². The molecule has 0 saturated carbocycles. The lowest BCUT2D eigenvalue weighted by atomic mass is 10.1. The highest BCUT2D eigenvalue weighted by Gasteiger charge is 2.07. The van der Waals surface area contributed by atoms with Gasteiger partial charge in [0.05, 0.1) is 18.6 Å². The van der Waals surface area contributed by atoms with Gasteiger partial charge in [-0.3, -0.25) is 0 Å². The van der Waals surface area contributed by atoms with Gasteiger partial charge in [-0.1, -0.05) is 12.1 Å². The molecule has 0 unspecified atom stereocenters. The lowest BCUT2D eigenvalue weighted by Gasteiger charge is -2.07. The minimum absolute atomic E-state index is 0.358. The van der Waals surface area contributed by atoms with Crippen LogP contribution in [-0.4, -0.2) is 20.6 Å². The number of carbonyl (C=O) groups is 1. The van der Waals surface area contributed by atoms with Gasteiger partial charge in [0.2, 0.25) is 0 Å². The lowest BCUT2D eigenvalue weighted by Crippen LogP contribution is -2.03. The zero-order valence-corrected chi connectivity index (χ0v) is 11.3. The van der Waals surface area contributed by atoms with E-state index in [0.29, 0.717) is 17.7 Å². The number of hydrogen-bond donors (Lipinski definition) is 1. The first kappa shape index (κ1) is 14.0. The van der Waals surface area contributed by atoms with Crippen LogP contribution in [0.25, 0.3) is 6.08 Å². The van der Waals surface area contributed by atoms with E-state index in [1.54, 1.807) is 18.5 Å². The maximum absolute atomic E-state index is 14.0. The number of imidazole rings is 1. The molecule has 0 fully saturated rings. The third-order valence-corrected chi connectivity index (χ3v) is 3.18. The molecule has 4 nitrogen and oxygen atoms in total. The zero-order valence-electron chi connectivity index (χ0n) is 11.3. The molecule has 0 saturated heterocycles. The number of aryl methyl sites for hydroxylation is 1. The summed E-state index contributed by atoms with van der Waals surface area (Å²) in [5, 5.41) is 8.54. The average Bonchev–Trinajstić information content (AvgIpc) is 2.71. The van der Waals surface area contributed by atoms with Crippen LogP contribution < -0.4 is 0 Å². The van der Waals surface area contributed by atoms with Crippen LogP contribution in [0.2, 0.25) is 0 Å². The third kappa shape index (κ3) is 3.12. The van der Waals surface area contributed by atoms with Crippen molar-refractivity contribution in [2.45, 2.75) is 20.4 Å². The molecule has 0 aliphatic rings. The number of hydrogen-bond acceptors (Lipinski definition) is 2. The van der Waals surface area contributed by atoms with Crippen molar-refractivity contribution in [3.05, 3.63) is 58.9 Å². The molecule has 1 aromatic carbocycles. The molecule has 0 radical (unpaired) electrons. The lowest BCUT2D eigenvalue weighted by molar-refractivity contribution is -0.131. The molecule has 0 bridgehead atoms. The normalized spacial score (nSPS) is 11.2. The molecule has 2 rings (SSSR count). The molecular formula is C15H15FN2O2. The Kier molecular flexibility index (Phi) is 3.98. The maximum atomic E-state index is 14.0. The highest BCUT2D eigenvalue weighted by Crippen LogP contribution is 2.15. The predicted molar refractivity (Wildman–Crippen MR) is 73.9 cm³/mol. The quantitative estimate of drug-likeness (QED) is 0.872. The molecule has 0 spiro atoms.